The lowest BCUT2D eigenvalue weighted by Crippen LogP contribution is -2.64. The molecule has 98 valence electrons. The summed E-state index contributed by atoms with van der Waals surface area (Å²) >= 11 is 0. The molecule has 0 N–H and O–H groups in total. The second kappa shape index (κ2) is 4.24. The lowest BCUT2D eigenvalue weighted by Gasteiger charge is -2.52. The van der Waals surface area contributed by atoms with E-state index in [4.69, 9.17) is 10.7 Å². The van der Waals surface area contributed by atoms with Crippen LogP contribution in [-0.4, -0.2) is 18.6 Å². The first-order valence-electron chi connectivity index (χ1n) is 5.63. The van der Waals surface area contributed by atoms with Gasteiger partial charge in [0.25, 0.3) is 0 Å². The van der Waals surface area contributed by atoms with Gasteiger partial charge < -0.3 is 0 Å². The van der Waals surface area contributed by atoms with Crippen LogP contribution in [0.25, 0.3) is 0 Å². The molecule has 1 aromatic rings. The van der Waals surface area contributed by atoms with Crippen molar-refractivity contribution in [1.82, 2.24) is 4.31 Å². The van der Waals surface area contributed by atoms with Crippen LogP contribution >= 0.6 is 10.7 Å². The van der Waals surface area contributed by atoms with Crippen LogP contribution in [0, 0.1) is 5.92 Å². The third kappa shape index (κ3) is 1.82. The molecule has 0 spiro atoms. The van der Waals surface area contributed by atoms with Crippen molar-refractivity contribution in [3.63, 3.8) is 0 Å². The van der Waals surface area contributed by atoms with Gasteiger partial charge in [0, 0.05) is 10.7 Å². The molecule has 1 aromatic carbocycles. The molecule has 18 heavy (non-hydrogen) atoms. The quantitative estimate of drug-likeness (QED) is 0.633. The van der Waals surface area contributed by atoms with Gasteiger partial charge >= 0.3 is 9.24 Å². The Morgan fingerprint density at radius 1 is 1.28 bits per heavy atom. The molecule has 0 aliphatic carbocycles. The van der Waals surface area contributed by atoms with E-state index in [9.17, 15) is 13.2 Å². The smallest absolute Gasteiger partial charge is 0.274 e. The number of hydrogen-bond acceptors (Lipinski definition) is 3. The van der Waals surface area contributed by atoms with Crippen molar-refractivity contribution in [2.75, 3.05) is 0 Å². The van der Waals surface area contributed by atoms with Crippen molar-refractivity contribution < 1.29 is 13.2 Å². The van der Waals surface area contributed by atoms with Crippen LogP contribution in [-0.2, 0) is 19.6 Å². The zero-order valence-electron chi connectivity index (χ0n) is 10.1. The fourth-order valence-corrected chi connectivity index (χ4v) is 4.22. The van der Waals surface area contributed by atoms with Crippen LogP contribution in [0.15, 0.2) is 30.3 Å². The highest BCUT2D eigenvalue weighted by atomic mass is 35.7. The van der Waals surface area contributed by atoms with Crippen molar-refractivity contribution >= 4 is 25.8 Å². The predicted octanol–water partition coefficient (Wildman–Crippen LogP) is 2.25. The average molecular weight is 288 g/mol. The van der Waals surface area contributed by atoms with Crippen LogP contribution in [0.4, 0.5) is 0 Å². The number of β-lactam (4-membered cyclic amide) rings is 1. The molecule has 1 atom stereocenters. The van der Waals surface area contributed by atoms with Gasteiger partial charge in [-0.25, -0.2) is 4.31 Å². The van der Waals surface area contributed by atoms with Gasteiger partial charge in [0.1, 0.15) is 0 Å². The molecule has 0 bridgehead atoms. The third-order valence-corrected chi connectivity index (χ3v) is 4.84. The second-order valence-corrected chi connectivity index (χ2v) is 7.08. The minimum absolute atomic E-state index is 0.0499. The van der Waals surface area contributed by atoms with E-state index in [0.29, 0.717) is 0 Å². The van der Waals surface area contributed by atoms with Crippen LogP contribution in [0.5, 0.6) is 0 Å². The summed E-state index contributed by atoms with van der Waals surface area (Å²) in [6.07, 6.45) is 0.167. The molecule has 0 saturated carbocycles. The maximum Gasteiger partial charge on any atom is 0.324 e. The van der Waals surface area contributed by atoms with Gasteiger partial charge in [-0.2, -0.15) is 8.42 Å². The summed E-state index contributed by atoms with van der Waals surface area (Å²) < 4.78 is 24.0. The summed E-state index contributed by atoms with van der Waals surface area (Å²) in [6, 6.07) is 9.13. The second-order valence-electron chi connectivity index (χ2n) is 4.72. The Balaban J connectivity index is 2.58. The van der Waals surface area contributed by atoms with Gasteiger partial charge in [0.2, 0.25) is 5.91 Å². The van der Waals surface area contributed by atoms with Crippen molar-refractivity contribution in [1.29, 1.82) is 0 Å². The summed E-state index contributed by atoms with van der Waals surface area (Å²) in [5.41, 5.74) is -0.0531. The molecule has 0 radical (unpaired) electrons. The Kier molecular flexibility index (Phi) is 3.15. The molecule has 6 heteroatoms. The SMILES string of the molecule is CC(C)C1(c2ccccc2)CC(=O)N1S(=O)(=O)Cl. The van der Waals surface area contributed by atoms with E-state index in [1.54, 1.807) is 0 Å². The fraction of sp³-hybridized carbons (Fsp3) is 0.417. The third-order valence-electron chi connectivity index (χ3n) is 3.46. The van der Waals surface area contributed by atoms with Gasteiger partial charge in [-0.15, -0.1) is 0 Å². The molecule has 1 saturated heterocycles. The van der Waals surface area contributed by atoms with Crippen molar-refractivity contribution in [2.24, 2.45) is 5.92 Å². The van der Waals surface area contributed by atoms with Crippen molar-refractivity contribution in [3.05, 3.63) is 35.9 Å². The molecular weight excluding hydrogens is 274 g/mol. The zero-order chi connectivity index (χ0) is 13.6. The normalized spacial score (nSPS) is 24.2. The standard InChI is InChI=1S/C12H14ClNO3S/c1-9(2)12(10-6-4-3-5-7-10)8-11(15)14(12)18(13,16)17/h3-7,9H,8H2,1-2H3. The minimum atomic E-state index is -4.06. The van der Waals surface area contributed by atoms with Crippen LogP contribution in [0.3, 0.4) is 0 Å². The summed E-state index contributed by atoms with van der Waals surface area (Å²) in [5.74, 6) is -0.506. The number of benzene rings is 1. The average Bonchev–Trinajstić information content (AvgIpc) is 2.23. The highest BCUT2D eigenvalue weighted by molar-refractivity contribution is 8.12. The summed E-state index contributed by atoms with van der Waals surface area (Å²) in [4.78, 5) is 11.6. The van der Waals surface area contributed by atoms with E-state index in [1.165, 1.54) is 0 Å². The highest BCUT2D eigenvalue weighted by Crippen LogP contribution is 2.49. The van der Waals surface area contributed by atoms with E-state index >= 15 is 0 Å². The van der Waals surface area contributed by atoms with Crippen molar-refractivity contribution in [3.8, 4) is 0 Å². The summed E-state index contributed by atoms with van der Waals surface area (Å²) in [5, 5.41) is 0. The number of hydrogen-bond donors (Lipinski definition) is 0. The molecule has 1 unspecified atom stereocenters. The lowest BCUT2D eigenvalue weighted by molar-refractivity contribution is -0.149. The van der Waals surface area contributed by atoms with E-state index in [1.807, 2.05) is 44.2 Å². The molecule has 1 heterocycles. The zero-order valence-corrected chi connectivity index (χ0v) is 11.7. The van der Waals surface area contributed by atoms with E-state index in [2.05, 4.69) is 0 Å². The largest absolute Gasteiger partial charge is 0.324 e. The Hall–Kier alpha value is -1.07. The molecule has 1 aliphatic heterocycles. The van der Waals surface area contributed by atoms with E-state index < -0.39 is 20.7 Å². The fourth-order valence-electron chi connectivity index (χ4n) is 2.54. The first-order valence-corrected chi connectivity index (χ1v) is 7.90. The summed E-state index contributed by atoms with van der Waals surface area (Å²) in [7, 11) is 1.33. The number of rotatable bonds is 3. The van der Waals surface area contributed by atoms with Crippen LogP contribution < -0.4 is 0 Å². The molecule has 1 aliphatic rings. The molecular formula is C12H14ClNO3S. The van der Waals surface area contributed by atoms with E-state index in [0.717, 1.165) is 9.87 Å². The Labute approximate surface area is 111 Å². The van der Waals surface area contributed by atoms with Gasteiger partial charge in [-0.1, -0.05) is 44.2 Å². The monoisotopic (exact) mass is 287 g/mol. The Bertz CT molecular complexity index is 570. The topological polar surface area (TPSA) is 54.5 Å². The molecule has 2 rings (SSSR count). The van der Waals surface area contributed by atoms with Crippen molar-refractivity contribution in [2.45, 2.75) is 25.8 Å². The number of halogens is 1. The molecule has 1 fully saturated rings. The van der Waals surface area contributed by atoms with Crippen LogP contribution in [0.2, 0.25) is 0 Å². The Morgan fingerprint density at radius 2 is 1.83 bits per heavy atom. The lowest BCUT2D eigenvalue weighted by atomic mass is 9.72. The number of nitrogens with zero attached hydrogens (tertiary/aromatic N) is 1. The first-order chi connectivity index (χ1) is 8.30. The van der Waals surface area contributed by atoms with Gasteiger partial charge in [-0.3, -0.25) is 4.79 Å². The van der Waals surface area contributed by atoms with Gasteiger partial charge in [0.05, 0.1) is 12.0 Å². The highest BCUT2D eigenvalue weighted by Gasteiger charge is 2.59. The van der Waals surface area contributed by atoms with Crippen LogP contribution in [0.1, 0.15) is 25.8 Å². The van der Waals surface area contributed by atoms with E-state index in [-0.39, 0.29) is 12.3 Å². The predicted molar refractivity (Wildman–Crippen MR) is 69.2 cm³/mol. The number of amides is 1. The van der Waals surface area contributed by atoms with Gasteiger partial charge in [-0.05, 0) is 11.5 Å². The first kappa shape index (κ1) is 13.4. The molecule has 4 nitrogen and oxygen atoms in total. The minimum Gasteiger partial charge on any atom is -0.274 e. The van der Waals surface area contributed by atoms with Gasteiger partial charge in [0.15, 0.2) is 0 Å². The Morgan fingerprint density at radius 3 is 2.22 bits per heavy atom. The number of carbonyl (C=O) groups excluding carboxylic acids is 1. The maximum atomic E-state index is 11.6. The number of carbonyl (C=O) groups is 1. The molecule has 1 amide bonds. The molecule has 0 aromatic heterocycles. The maximum absolute atomic E-state index is 11.6. The summed E-state index contributed by atoms with van der Waals surface area (Å²) in [6.45, 7) is 3.77.